The summed E-state index contributed by atoms with van der Waals surface area (Å²) in [5, 5.41) is 6.96. The first-order chi connectivity index (χ1) is 7.27. The van der Waals surface area contributed by atoms with E-state index >= 15 is 0 Å². The van der Waals surface area contributed by atoms with Gasteiger partial charge in [-0.2, -0.15) is 0 Å². The highest BCUT2D eigenvalue weighted by molar-refractivity contribution is 5.78. The fourth-order valence-electron chi connectivity index (χ4n) is 1.52. The minimum atomic E-state index is 0.120. The maximum atomic E-state index is 6.96. The minimum absolute atomic E-state index is 0.120. The molecule has 0 spiro atoms. The van der Waals surface area contributed by atoms with Gasteiger partial charge >= 0.3 is 0 Å². The molecule has 0 aromatic carbocycles. The molecule has 0 aromatic heterocycles. The average molecular weight is 214 g/mol. The summed E-state index contributed by atoms with van der Waals surface area (Å²) in [4.78, 5) is 0. The van der Waals surface area contributed by atoms with Crippen LogP contribution < -0.4 is 5.73 Å². The zero-order chi connectivity index (χ0) is 11.4. The molecule has 3 N–H and O–H groups in total. The van der Waals surface area contributed by atoms with E-state index in [1.54, 1.807) is 0 Å². The summed E-state index contributed by atoms with van der Waals surface area (Å²) < 4.78 is 5.19. The summed E-state index contributed by atoms with van der Waals surface area (Å²) in [5.74, 6) is 0.120. The number of amidine groups is 1. The van der Waals surface area contributed by atoms with Crippen LogP contribution in [0, 0.1) is 5.41 Å². The van der Waals surface area contributed by atoms with Crippen molar-refractivity contribution in [3.8, 4) is 0 Å². The van der Waals surface area contributed by atoms with Gasteiger partial charge in [0.05, 0.1) is 0 Å². The van der Waals surface area contributed by atoms with E-state index in [-0.39, 0.29) is 12.4 Å². The number of nitrogens with one attached hydrogen (secondary N) is 1. The smallest absolute Gasteiger partial charge is 0.117 e. The van der Waals surface area contributed by atoms with E-state index in [1.165, 1.54) is 44.9 Å². The van der Waals surface area contributed by atoms with Crippen molar-refractivity contribution in [1.82, 2.24) is 0 Å². The van der Waals surface area contributed by atoms with Gasteiger partial charge in [-0.25, -0.2) is 0 Å². The summed E-state index contributed by atoms with van der Waals surface area (Å²) in [5.41, 5.74) is 5.16. The molecular formula is C12H26N2O. The van der Waals surface area contributed by atoms with Crippen LogP contribution in [0.4, 0.5) is 0 Å². The molecule has 0 fully saturated rings. The molecule has 3 nitrogen and oxygen atoms in total. The Labute approximate surface area is 93.9 Å². The van der Waals surface area contributed by atoms with E-state index in [4.69, 9.17) is 15.9 Å². The van der Waals surface area contributed by atoms with Crippen LogP contribution in [0.3, 0.4) is 0 Å². The van der Waals surface area contributed by atoms with Crippen LogP contribution >= 0.6 is 0 Å². The lowest BCUT2D eigenvalue weighted by molar-refractivity contribution is 0.165. The quantitative estimate of drug-likeness (QED) is 0.315. The highest BCUT2D eigenvalue weighted by atomic mass is 16.5. The number of nitrogens with two attached hydrogens (primary N) is 1. The molecule has 0 aliphatic heterocycles. The molecule has 0 aliphatic carbocycles. The van der Waals surface area contributed by atoms with Gasteiger partial charge in [-0.05, 0) is 6.42 Å². The molecule has 0 radical (unpaired) electrons. The van der Waals surface area contributed by atoms with Crippen molar-refractivity contribution in [2.45, 2.75) is 58.3 Å². The van der Waals surface area contributed by atoms with Gasteiger partial charge in [0.25, 0.3) is 0 Å². The molecule has 0 saturated heterocycles. The second-order valence-electron chi connectivity index (χ2n) is 4.05. The van der Waals surface area contributed by atoms with E-state index in [0.717, 1.165) is 13.0 Å². The van der Waals surface area contributed by atoms with Crippen LogP contribution in [-0.2, 0) is 4.74 Å². The normalized spacial score (nSPS) is 10.5. The maximum absolute atomic E-state index is 6.96. The maximum Gasteiger partial charge on any atom is 0.117 e. The van der Waals surface area contributed by atoms with Gasteiger partial charge in [0.2, 0.25) is 0 Å². The molecule has 0 saturated carbocycles. The first-order valence-corrected chi connectivity index (χ1v) is 6.18. The monoisotopic (exact) mass is 214 g/mol. The van der Waals surface area contributed by atoms with Crippen LogP contribution in [0.25, 0.3) is 0 Å². The van der Waals surface area contributed by atoms with E-state index in [2.05, 4.69) is 6.92 Å². The predicted molar refractivity (Wildman–Crippen MR) is 65.3 cm³/mol. The van der Waals surface area contributed by atoms with Gasteiger partial charge in [-0.15, -0.1) is 0 Å². The molecule has 0 unspecified atom stereocenters. The van der Waals surface area contributed by atoms with E-state index in [1.807, 2.05) is 0 Å². The zero-order valence-electron chi connectivity index (χ0n) is 10.1. The van der Waals surface area contributed by atoms with Crippen LogP contribution in [0.15, 0.2) is 0 Å². The SMILES string of the molecule is CCCCCCCCCCOCC(=N)N. The third-order valence-corrected chi connectivity index (χ3v) is 2.40. The van der Waals surface area contributed by atoms with Crippen molar-refractivity contribution in [1.29, 1.82) is 5.41 Å². The van der Waals surface area contributed by atoms with Crippen molar-refractivity contribution in [3.05, 3.63) is 0 Å². The first kappa shape index (κ1) is 14.4. The molecule has 0 aromatic rings. The lowest BCUT2D eigenvalue weighted by Gasteiger charge is -2.03. The van der Waals surface area contributed by atoms with Gasteiger partial charge in [0, 0.05) is 6.61 Å². The molecule has 0 heterocycles. The zero-order valence-corrected chi connectivity index (χ0v) is 10.1. The van der Waals surface area contributed by atoms with Crippen molar-refractivity contribution >= 4 is 5.84 Å². The van der Waals surface area contributed by atoms with Crippen molar-refractivity contribution in [2.75, 3.05) is 13.2 Å². The number of unbranched alkanes of at least 4 members (excludes halogenated alkanes) is 7. The summed E-state index contributed by atoms with van der Waals surface area (Å²) in [7, 11) is 0. The highest BCUT2D eigenvalue weighted by Gasteiger charge is 1.93. The second kappa shape index (κ2) is 11.5. The predicted octanol–water partition coefficient (Wildman–Crippen LogP) is 3.08. The Balaban J connectivity index is 2.89. The Morgan fingerprint density at radius 2 is 1.53 bits per heavy atom. The number of hydrogen-bond donors (Lipinski definition) is 2. The van der Waals surface area contributed by atoms with Crippen molar-refractivity contribution < 1.29 is 4.74 Å². The van der Waals surface area contributed by atoms with Crippen LogP contribution in [-0.4, -0.2) is 19.0 Å². The second-order valence-corrected chi connectivity index (χ2v) is 4.05. The van der Waals surface area contributed by atoms with Crippen LogP contribution in [0.5, 0.6) is 0 Å². The van der Waals surface area contributed by atoms with Crippen molar-refractivity contribution in [2.24, 2.45) is 5.73 Å². The van der Waals surface area contributed by atoms with E-state index in [0.29, 0.717) is 0 Å². The summed E-state index contributed by atoms with van der Waals surface area (Å²) in [6.45, 7) is 3.28. The van der Waals surface area contributed by atoms with E-state index < -0.39 is 0 Å². The van der Waals surface area contributed by atoms with Gasteiger partial charge in [-0.1, -0.05) is 51.9 Å². The number of rotatable bonds is 11. The topological polar surface area (TPSA) is 59.1 Å². The van der Waals surface area contributed by atoms with Crippen molar-refractivity contribution in [3.63, 3.8) is 0 Å². The Bertz CT molecular complexity index is 149. The van der Waals surface area contributed by atoms with Crippen LogP contribution in [0.2, 0.25) is 0 Å². The summed E-state index contributed by atoms with van der Waals surface area (Å²) >= 11 is 0. The lowest BCUT2D eigenvalue weighted by Crippen LogP contribution is -2.17. The fraction of sp³-hybridized carbons (Fsp3) is 0.917. The van der Waals surface area contributed by atoms with Gasteiger partial charge in [0.15, 0.2) is 0 Å². The van der Waals surface area contributed by atoms with E-state index in [9.17, 15) is 0 Å². The molecule has 90 valence electrons. The van der Waals surface area contributed by atoms with Gasteiger partial charge in [-0.3, -0.25) is 5.41 Å². The summed E-state index contributed by atoms with van der Waals surface area (Å²) in [6, 6.07) is 0. The Kier molecular flexibility index (Phi) is 11.1. The van der Waals surface area contributed by atoms with Crippen LogP contribution in [0.1, 0.15) is 58.3 Å². The average Bonchev–Trinajstić information content (AvgIpc) is 2.20. The molecule has 0 amide bonds. The highest BCUT2D eigenvalue weighted by Crippen LogP contribution is 2.08. The number of hydrogen-bond acceptors (Lipinski definition) is 2. The molecule has 3 heteroatoms. The number of ether oxygens (including phenoxy) is 1. The standard InChI is InChI=1S/C12H26N2O/c1-2-3-4-5-6-7-8-9-10-15-11-12(13)14/h2-11H2,1H3,(H3,13,14). The molecule has 0 aliphatic rings. The lowest BCUT2D eigenvalue weighted by atomic mass is 10.1. The molecule has 0 atom stereocenters. The Hall–Kier alpha value is -0.570. The molecule has 0 bridgehead atoms. The minimum Gasteiger partial charge on any atom is -0.386 e. The Morgan fingerprint density at radius 1 is 1.00 bits per heavy atom. The summed E-state index contributed by atoms with van der Waals surface area (Å²) in [6.07, 6.45) is 10.5. The molecular weight excluding hydrogens is 188 g/mol. The third kappa shape index (κ3) is 13.4. The molecule has 0 rings (SSSR count). The fourth-order valence-corrected chi connectivity index (χ4v) is 1.52. The third-order valence-electron chi connectivity index (χ3n) is 2.40. The Morgan fingerprint density at radius 3 is 2.07 bits per heavy atom. The van der Waals surface area contributed by atoms with Gasteiger partial charge < -0.3 is 10.5 Å². The van der Waals surface area contributed by atoms with Gasteiger partial charge in [0.1, 0.15) is 12.4 Å². The first-order valence-electron chi connectivity index (χ1n) is 6.18. The largest absolute Gasteiger partial charge is 0.386 e. The molecule has 15 heavy (non-hydrogen) atoms.